The Bertz CT molecular complexity index is 1620. The van der Waals surface area contributed by atoms with Gasteiger partial charge in [-0.1, -0.05) is 45.0 Å². The monoisotopic (exact) mass is 418 g/mol. The Hall–Kier alpha value is -3.92. The first-order valence-electron chi connectivity index (χ1n) is 10.7. The Morgan fingerprint density at radius 2 is 1.66 bits per heavy atom. The molecule has 0 bridgehead atoms. The largest absolute Gasteiger partial charge is 0.463 e. The lowest BCUT2D eigenvalue weighted by Gasteiger charge is -2.22. The molecule has 0 spiro atoms. The molecular formula is C28H22N2O2. The van der Waals surface area contributed by atoms with Gasteiger partial charge in [0.1, 0.15) is 16.9 Å². The number of benzene rings is 2. The number of fused-ring (bicyclic) bond motifs is 3. The second kappa shape index (κ2) is 6.79. The molecule has 4 heteroatoms. The van der Waals surface area contributed by atoms with E-state index in [-0.39, 0.29) is 5.41 Å². The van der Waals surface area contributed by atoms with Crippen molar-refractivity contribution in [1.29, 1.82) is 0 Å². The summed E-state index contributed by atoms with van der Waals surface area (Å²) in [5, 5.41) is 3.48. The number of aromatic nitrogens is 2. The maximum absolute atomic E-state index is 6.21. The molecule has 0 aliphatic heterocycles. The van der Waals surface area contributed by atoms with Crippen LogP contribution in [0.4, 0.5) is 0 Å². The van der Waals surface area contributed by atoms with Crippen LogP contribution in [0.2, 0.25) is 0 Å². The topological polar surface area (TPSA) is 52.1 Å². The molecule has 0 amide bonds. The molecule has 0 fully saturated rings. The van der Waals surface area contributed by atoms with Crippen molar-refractivity contribution < 1.29 is 8.83 Å². The first-order valence-corrected chi connectivity index (χ1v) is 10.7. The van der Waals surface area contributed by atoms with E-state index in [1.807, 2.05) is 30.6 Å². The minimum Gasteiger partial charge on any atom is -0.463 e. The van der Waals surface area contributed by atoms with Gasteiger partial charge in [-0.05, 0) is 52.1 Å². The molecule has 0 atom stereocenters. The predicted octanol–water partition coefficient (Wildman–Crippen LogP) is 7.75. The number of furan rings is 2. The summed E-state index contributed by atoms with van der Waals surface area (Å²) in [5.41, 5.74) is 6.57. The highest BCUT2D eigenvalue weighted by atomic mass is 16.3. The molecule has 0 aliphatic rings. The zero-order valence-corrected chi connectivity index (χ0v) is 18.2. The molecular weight excluding hydrogens is 396 g/mol. The summed E-state index contributed by atoms with van der Waals surface area (Å²) in [6.07, 6.45) is 5.27. The smallest absolute Gasteiger partial charge is 0.153 e. The van der Waals surface area contributed by atoms with Crippen LogP contribution in [-0.4, -0.2) is 9.97 Å². The molecule has 32 heavy (non-hydrogen) atoms. The zero-order valence-electron chi connectivity index (χ0n) is 18.2. The van der Waals surface area contributed by atoms with E-state index in [1.54, 1.807) is 6.26 Å². The molecule has 0 unspecified atom stereocenters. The van der Waals surface area contributed by atoms with Crippen molar-refractivity contribution in [3.63, 3.8) is 0 Å². The predicted molar refractivity (Wildman–Crippen MR) is 129 cm³/mol. The number of nitrogens with zero attached hydrogens (tertiary/aromatic N) is 2. The highest BCUT2D eigenvalue weighted by molar-refractivity contribution is 5.98. The van der Waals surface area contributed by atoms with Crippen molar-refractivity contribution in [2.24, 2.45) is 0 Å². The van der Waals surface area contributed by atoms with Gasteiger partial charge in [-0.2, -0.15) is 0 Å². The SMILES string of the molecule is CC(C)(C)c1cc(-c2nccc3oc(-c4cnc5ccoc5c4)cc23)cc2ccccc12. The summed E-state index contributed by atoms with van der Waals surface area (Å²) >= 11 is 0. The molecule has 4 heterocycles. The van der Waals surface area contributed by atoms with E-state index in [0.29, 0.717) is 0 Å². The Morgan fingerprint density at radius 1 is 0.781 bits per heavy atom. The second-order valence-electron chi connectivity index (χ2n) is 9.20. The first-order chi connectivity index (χ1) is 15.5. The van der Waals surface area contributed by atoms with Crippen molar-refractivity contribution in [3.05, 3.63) is 84.9 Å². The van der Waals surface area contributed by atoms with Gasteiger partial charge in [-0.3, -0.25) is 9.97 Å². The minimum absolute atomic E-state index is 0.00911. The lowest BCUT2D eigenvalue weighted by molar-refractivity contribution is 0.596. The quantitative estimate of drug-likeness (QED) is 0.288. The van der Waals surface area contributed by atoms with Crippen LogP contribution in [0, 0.1) is 0 Å². The van der Waals surface area contributed by atoms with E-state index in [2.05, 4.69) is 68.2 Å². The molecule has 0 saturated heterocycles. The molecule has 156 valence electrons. The third-order valence-corrected chi connectivity index (χ3v) is 5.98. The summed E-state index contributed by atoms with van der Waals surface area (Å²) in [6.45, 7) is 6.75. The van der Waals surface area contributed by atoms with Crippen molar-refractivity contribution in [2.45, 2.75) is 26.2 Å². The number of hydrogen-bond donors (Lipinski definition) is 0. The first kappa shape index (κ1) is 18.8. The Kier molecular flexibility index (Phi) is 3.99. The third kappa shape index (κ3) is 2.99. The summed E-state index contributed by atoms with van der Waals surface area (Å²) in [6, 6.07) is 20.8. The Labute approximate surface area is 185 Å². The lowest BCUT2D eigenvalue weighted by Crippen LogP contribution is -2.12. The standard InChI is InChI=1S/C28H22N2O2/c1-28(2,3)22-13-18(12-17-6-4-5-7-20(17)22)27-21-15-25(32-24(21)8-10-29-27)19-14-26-23(30-16-19)9-11-31-26/h4-16H,1-3H3. The molecule has 0 aliphatic carbocycles. The maximum atomic E-state index is 6.21. The van der Waals surface area contributed by atoms with Crippen molar-refractivity contribution in [3.8, 4) is 22.6 Å². The second-order valence-corrected chi connectivity index (χ2v) is 9.20. The van der Waals surface area contributed by atoms with E-state index in [1.165, 1.54) is 16.3 Å². The molecule has 0 N–H and O–H groups in total. The van der Waals surface area contributed by atoms with Gasteiger partial charge in [-0.25, -0.2) is 0 Å². The van der Waals surface area contributed by atoms with Crippen molar-refractivity contribution in [2.75, 3.05) is 0 Å². The van der Waals surface area contributed by atoms with Gasteiger partial charge in [0.2, 0.25) is 0 Å². The Balaban J connectivity index is 1.56. The Morgan fingerprint density at radius 3 is 2.53 bits per heavy atom. The number of pyridine rings is 2. The number of hydrogen-bond acceptors (Lipinski definition) is 4. The van der Waals surface area contributed by atoms with E-state index >= 15 is 0 Å². The fraction of sp³-hybridized carbons (Fsp3) is 0.143. The lowest BCUT2D eigenvalue weighted by atomic mass is 9.82. The van der Waals surface area contributed by atoms with E-state index in [0.717, 1.165) is 44.7 Å². The van der Waals surface area contributed by atoms with Crippen LogP contribution in [0.1, 0.15) is 26.3 Å². The molecule has 6 rings (SSSR count). The maximum Gasteiger partial charge on any atom is 0.153 e. The molecule has 0 radical (unpaired) electrons. The summed E-state index contributed by atoms with van der Waals surface area (Å²) in [5.74, 6) is 0.747. The van der Waals surface area contributed by atoms with Crippen LogP contribution in [0.5, 0.6) is 0 Å². The average molecular weight is 418 g/mol. The average Bonchev–Trinajstić information content (AvgIpc) is 3.43. The molecule has 4 nitrogen and oxygen atoms in total. The normalized spacial score (nSPS) is 12.2. The highest BCUT2D eigenvalue weighted by Crippen LogP contribution is 2.38. The van der Waals surface area contributed by atoms with Gasteiger partial charge in [0, 0.05) is 35.0 Å². The van der Waals surface area contributed by atoms with Crippen LogP contribution in [-0.2, 0) is 5.41 Å². The minimum atomic E-state index is 0.00911. The molecule has 4 aromatic heterocycles. The molecule has 2 aromatic carbocycles. The highest BCUT2D eigenvalue weighted by Gasteiger charge is 2.20. The van der Waals surface area contributed by atoms with Crippen LogP contribution < -0.4 is 0 Å². The summed E-state index contributed by atoms with van der Waals surface area (Å²) in [4.78, 5) is 9.23. The van der Waals surface area contributed by atoms with E-state index in [4.69, 9.17) is 13.8 Å². The zero-order chi connectivity index (χ0) is 21.9. The molecule has 0 saturated carbocycles. The van der Waals surface area contributed by atoms with Gasteiger partial charge in [0.05, 0.1) is 12.0 Å². The van der Waals surface area contributed by atoms with E-state index in [9.17, 15) is 0 Å². The van der Waals surface area contributed by atoms with Gasteiger partial charge in [0.25, 0.3) is 0 Å². The van der Waals surface area contributed by atoms with Gasteiger partial charge >= 0.3 is 0 Å². The van der Waals surface area contributed by atoms with Crippen LogP contribution >= 0.6 is 0 Å². The van der Waals surface area contributed by atoms with Gasteiger partial charge in [0.15, 0.2) is 5.58 Å². The van der Waals surface area contributed by atoms with Gasteiger partial charge < -0.3 is 8.83 Å². The van der Waals surface area contributed by atoms with Gasteiger partial charge in [-0.15, -0.1) is 0 Å². The van der Waals surface area contributed by atoms with Crippen LogP contribution in [0.15, 0.2) is 88.2 Å². The van der Waals surface area contributed by atoms with Crippen LogP contribution in [0.3, 0.4) is 0 Å². The van der Waals surface area contributed by atoms with Crippen molar-refractivity contribution >= 4 is 32.8 Å². The van der Waals surface area contributed by atoms with E-state index < -0.39 is 0 Å². The molecule has 6 aromatic rings. The third-order valence-electron chi connectivity index (χ3n) is 5.98. The van der Waals surface area contributed by atoms with Crippen LogP contribution in [0.25, 0.3) is 55.4 Å². The fourth-order valence-electron chi connectivity index (χ4n) is 4.38. The summed E-state index contributed by atoms with van der Waals surface area (Å²) < 4.78 is 11.7. The fourth-order valence-corrected chi connectivity index (χ4v) is 4.38. The number of rotatable bonds is 2. The summed E-state index contributed by atoms with van der Waals surface area (Å²) in [7, 11) is 0. The van der Waals surface area contributed by atoms with Crippen molar-refractivity contribution in [1.82, 2.24) is 9.97 Å².